The Bertz CT molecular complexity index is 789. The minimum Gasteiger partial charge on any atom is -0.508 e. The quantitative estimate of drug-likeness (QED) is 0.839. The molecule has 2 aromatic rings. The summed E-state index contributed by atoms with van der Waals surface area (Å²) in [5.74, 6) is -0.551. The molecule has 2 N–H and O–H groups in total. The van der Waals surface area contributed by atoms with Crippen LogP contribution in [0.25, 0.3) is 0 Å². The van der Waals surface area contributed by atoms with Crippen LogP contribution in [0.1, 0.15) is 12.0 Å². The molecule has 0 aliphatic carbocycles. The minimum atomic E-state index is -0.415. The van der Waals surface area contributed by atoms with Crippen LogP contribution in [0.5, 0.6) is 5.75 Å². The van der Waals surface area contributed by atoms with E-state index in [-0.39, 0.29) is 24.0 Å². The van der Waals surface area contributed by atoms with E-state index in [0.717, 1.165) is 11.3 Å². The third kappa shape index (κ3) is 3.36. The first kappa shape index (κ1) is 16.3. The van der Waals surface area contributed by atoms with Gasteiger partial charge in [-0.15, -0.1) is 0 Å². The van der Waals surface area contributed by atoms with Crippen molar-refractivity contribution in [3.8, 4) is 5.75 Å². The van der Waals surface area contributed by atoms with Crippen LogP contribution >= 0.6 is 11.6 Å². The summed E-state index contributed by atoms with van der Waals surface area (Å²) in [6.07, 6.45) is 0.172. The average molecular weight is 345 g/mol. The number of nitrogens with zero attached hydrogens (tertiary/aromatic N) is 1. The van der Waals surface area contributed by atoms with Gasteiger partial charge in [0, 0.05) is 29.4 Å². The second-order valence-corrected chi connectivity index (χ2v) is 6.31. The molecule has 124 valence electrons. The van der Waals surface area contributed by atoms with Crippen molar-refractivity contribution in [3.63, 3.8) is 0 Å². The van der Waals surface area contributed by atoms with Crippen LogP contribution in [-0.2, 0) is 9.59 Å². The lowest BCUT2D eigenvalue weighted by molar-refractivity contribution is -0.122. The molecule has 0 aromatic heterocycles. The van der Waals surface area contributed by atoms with Crippen molar-refractivity contribution in [2.75, 3.05) is 16.8 Å². The van der Waals surface area contributed by atoms with Crippen molar-refractivity contribution in [1.29, 1.82) is 0 Å². The highest BCUT2D eigenvalue weighted by atomic mass is 35.5. The number of halogens is 1. The number of nitrogens with one attached hydrogen (secondary N) is 1. The van der Waals surface area contributed by atoms with Gasteiger partial charge in [0.2, 0.25) is 11.8 Å². The van der Waals surface area contributed by atoms with Gasteiger partial charge in [-0.2, -0.15) is 0 Å². The fourth-order valence-electron chi connectivity index (χ4n) is 2.78. The van der Waals surface area contributed by atoms with Gasteiger partial charge in [0.05, 0.1) is 5.92 Å². The predicted octanol–water partition coefficient (Wildman–Crippen LogP) is 3.35. The molecule has 24 heavy (non-hydrogen) atoms. The Labute approximate surface area is 144 Å². The molecule has 1 saturated heterocycles. The SMILES string of the molecule is Cc1cc(O)ccc1NC(=O)C1CC(=O)N(c2ccc(Cl)cc2)C1. The third-order valence-corrected chi connectivity index (χ3v) is 4.35. The Hall–Kier alpha value is -2.53. The number of carbonyl (C=O) groups excluding carboxylic acids is 2. The highest BCUT2D eigenvalue weighted by molar-refractivity contribution is 6.30. The summed E-state index contributed by atoms with van der Waals surface area (Å²) in [5.41, 5.74) is 2.14. The summed E-state index contributed by atoms with van der Waals surface area (Å²) in [4.78, 5) is 26.3. The molecule has 5 nitrogen and oxygen atoms in total. The van der Waals surface area contributed by atoms with Gasteiger partial charge in [0.25, 0.3) is 0 Å². The fraction of sp³-hybridized carbons (Fsp3) is 0.222. The second-order valence-electron chi connectivity index (χ2n) is 5.87. The maximum Gasteiger partial charge on any atom is 0.229 e. The molecule has 1 unspecified atom stereocenters. The Kier molecular flexibility index (Phi) is 4.44. The minimum absolute atomic E-state index is 0.0834. The third-order valence-electron chi connectivity index (χ3n) is 4.10. The normalized spacial score (nSPS) is 17.2. The monoisotopic (exact) mass is 344 g/mol. The van der Waals surface area contributed by atoms with Crippen molar-refractivity contribution in [1.82, 2.24) is 0 Å². The number of benzene rings is 2. The topological polar surface area (TPSA) is 69.6 Å². The fourth-order valence-corrected chi connectivity index (χ4v) is 2.90. The van der Waals surface area contributed by atoms with E-state index in [1.165, 1.54) is 6.07 Å². The van der Waals surface area contributed by atoms with Crippen LogP contribution in [0.15, 0.2) is 42.5 Å². The van der Waals surface area contributed by atoms with Crippen molar-refractivity contribution in [2.24, 2.45) is 5.92 Å². The summed E-state index contributed by atoms with van der Waals surface area (Å²) >= 11 is 5.86. The maximum atomic E-state index is 12.5. The summed E-state index contributed by atoms with van der Waals surface area (Å²) in [6.45, 7) is 2.14. The molecule has 3 rings (SSSR count). The van der Waals surface area contributed by atoms with Gasteiger partial charge in [-0.25, -0.2) is 0 Å². The predicted molar refractivity (Wildman–Crippen MR) is 93.4 cm³/mol. The Balaban J connectivity index is 1.70. The summed E-state index contributed by atoms with van der Waals surface area (Å²) in [7, 11) is 0. The molecule has 0 bridgehead atoms. The van der Waals surface area contributed by atoms with Gasteiger partial charge in [0.1, 0.15) is 5.75 Å². The zero-order valence-corrected chi connectivity index (χ0v) is 13.9. The zero-order chi connectivity index (χ0) is 17.3. The van der Waals surface area contributed by atoms with Crippen molar-refractivity contribution >= 4 is 34.8 Å². The maximum absolute atomic E-state index is 12.5. The van der Waals surface area contributed by atoms with E-state index >= 15 is 0 Å². The number of aryl methyl sites for hydroxylation is 1. The number of amides is 2. The lowest BCUT2D eigenvalue weighted by Crippen LogP contribution is -2.28. The van der Waals surface area contributed by atoms with Gasteiger partial charge in [-0.1, -0.05) is 11.6 Å². The lowest BCUT2D eigenvalue weighted by atomic mass is 10.1. The van der Waals surface area contributed by atoms with Gasteiger partial charge >= 0.3 is 0 Å². The molecular weight excluding hydrogens is 328 g/mol. The standard InChI is InChI=1S/C18H17ClN2O3/c1-11-8-15(22)6-7-16(11)20-18(24)12-9-17(23)21(10-12)14-4-2-13(19)3-5-14/h2-8,12,22H,9-10H2,1H3,(H,20,24). The molecule has 0 saturated carbocycles. The molecule has 1 heterocycles. The van der Waals surface area contributed by atoms with Crippen molar-refractivity contribution in [2.45, 2.75) is 13.3 Å². The van der Waals surface area contributed by atoms with Crippen LogP contribution in [0.3, 0.4) is 0 Å². The van der Waals surface area contributed by atoms with E-state index in [1.807, 2.05) is 0 Å². The number of phenols is 1. The highest BCUT2D eigenvalue weighted by Gasteiger charge is 2.35. The van der Waals surface area contributed by atoms with Crippen molar-refractivity contribution in [3.05, 3.63) is 53.1 Å². The molecule has 1 aliphatic rings. The summed E-state index contributed by atoms with van der Waals surface area (Å²) in [6, 6.07) is 11.7. The molecule has 2 aromatic carbocycles. The molecule has 0 radical (unpaired) electrons. The van der Waals surface area contributed by atoms with E-state index < -0.39 is 5.92 Å². The van der Waals surface area contributed by atoms with Gasteiger partial charge in [-0.05, 0) is 55.0 Å². The molecule has 1 fully saturated rings. The number of aromatic hydroxyl groups is 1. The zero-order valence-electron chi connectivity index (χ0n) is 13.1. The van der Waals surface area contributed by atoms with Gasteiger partial charge < -0.3 is 15.3 Å². The van der Waals surface area contributed by atoms with E-state index in [9.17, 15) is 14.7 Å². The average Bonchev–Trinajstić information content (AvgIpc) is 2.93. The molecule has 1 atom stereocenters. The molecule has 0 spiro atoms. The van der Waals surface area contributed by atoms with Crippen LogP contribution < -0.4 is 10.2 Å². The van der Waals surface area contributed by atoms with Crippen LogP contribution in [0.4, 0.5) is 11.4 Å². The van der Waals surface area contributed by atoms with Crippen LogP contribution in [-0.4, -0.2) is 23.5 Å². The number of rotatable bonds is 3. The Morgan fingerprint density at radius 1 is 1.25 bits per heavy atom. The molecule has 6 heteroatoms. The van der Waals surface area contributed by atoms with Crippen LogP contribution in [0, 0.1) is 12.8 Å². The van der Waals surface area contributed by atoms with E-state index in [1.54, 1.807) is 48.2 Å². The number of hydrogen-bond donors (Lipinski definition) is 2. The Morgan fingerprint density at radius 2 is 1.96 bits per heavy atom. The molecule has 2 amide bonds. The molecule has 1 aliphatic heterocycles. The first-order chi connectivity index (χ1) is 11.4. The van der Waals surface area contributed by atoms with E-state index in [2.05, 4.69) is 5.32 Å². The number of hydrogen-bond acceptors (Lipinski definition) is 3. The Morgan fingerprint density at radius 3 is 2.62 bits per heavy atom. The summed E-state index contributed by atoms with van der Waals surface area (Å²) < 4.78 is 0. The van der Waals surface area contributed by atoms with Crippen molar-refractivity contribution < 1.29 is 14.7 Å². The van der Waals surface area contributed by atoms with Gasteiger partial charge in [-0.3, -0.25) is 9.59 Å². The highest BCUT2D eigenvalue weighted by Crippen LogP contribution is 2.28. The molecular formula is C18H17ClN2O3. The smallest absolute Gasteiger partial charge is 0.229 e. The number of carbonyl (C=O) groups is 2. The van der Waals surface area contributed by atoms with E-state index in [4.69, 9.17) is 11.6 Å². The van der Waals surface area contributed by atoms with E-state index in [0.29, 0.717) is 17.3 Å². The largest absolute Gasteiger partial charge is 0.508 e. The van der Waals surface area contributed by atoms with Crippen LogP contribution in [0.2, 0.25) is 5.02 Å². The first-order valence-corrected chi connectivity index (χ1v) is 7.98. The second kappa shape index (κ2) is 6.53. The van der Waals surface area contributed by atoms with Gasteiger partial charge in [0.15, 0.2) is 0 Å². The number of anilines is 2. The summed E-state index contributed by atoms with van der Waals surface area (Å²) in [5, 5.41) is 12.9. The first-order valence-electron chi connectivity index (χ1n) is 7.60. The lowest BCUT2D eigenvalue weighted by Gasteiger charge is -2.17. The number of phenolic OH excluding ortho intramolecular Hbond substituents is 1.